The van der Waals surface area contributed by atoms with Gasteiger partial charge in [0.2, 0.25) is 0 Å². The number of halogens is 1. The second-order valence-corrected chi connectivity index (χ2v) is 7.31. The first-order chi connectivity index (χ1) is 9.58. The first-order valence-corrected chi connectivity index (χ1v) is 8.41. The lowest BCUT2D eigenvalue weighted by atomic mass is 9.74. The highest BCUT2D eigenvalue weighted by atomic mass is 32.2. The number of hydrazine groups is 1. The maximum Gasteiger partial charge on any atom is 0.124 e. The fraction of sp³-hybridized carbons (Fsp3) is 0.625. The third-order valence-corrected chi connectivity index (χ3v) is 5.34. The van der Waals surface area contributed by atoms with E-state index in [1.165, 1.54) is 25.3 Å². The summed E-state index contributed by atoms with van der Waals surface area (Å²) in [5.74, 6) is 8.65. The molecule has 3 atom stereocenters. The average molecular weight is 296 g/mol. The van der Waals surface area contributed by atoms with Crippen molar-refractivity contribution in [2.75, 3.05) is 5.75 Å². The van der Waals surface area contributed by atoms with Gasteiger partial charge in [0, 0.05) is 16.7 Å². The van der Waals surface area contributed by atoms with Gasteiger partial charge in [0.1, 0.15) is 5.82 Å². The molecule has 1 aliphatic carbocycles. The van der Waals surface area contributed by atoms with E-state index < -0.39 is 0 Å². The Hall–Kier alpha value is -0.580. The topological polar surface area (TPSA) is 38.0 Å². The fourth-order valence-corrected chi connectivity index (χ4v) is 4.51. The highest BCUT2D eigenvalue weighted by Gasteiger charge is 2.29. The summed E-state index contributed by atoms with van der Waals surface area (Å²) in [7, 11) is 0. The molecule has 1 aromatic carbocycles. The van der Waals surface area contributed by atoms with Gasteiger partial charge in [0.15, 0.2) is 0 Å². The maximum atomic E-state index is 13.2. The van der Waals surface area contributed by atoms with E-state index in [1.54, 1.807) is 23.9 Å². The molecule has 2 nitrogen and oxygen atoms in total. The summed E-state index contributed by atoms with van der Waals surface area (Å²) in [5, 5.41) is 0. The molecule has 0 aromatic heterocycles. The van der Waals surface area contributed by atoms with Crippen molar-refractivity contribution in [3.63, 3.8) is 0 Å². The van der Waals surface area contributed by atoms with Gasteiger partial charge < -0.3 is 0 Å². The van der Waals surface area contributed by atoms with Crippen LogP contribution < -0.4 is 11.3 Å². The molecule has 112 valence electrons. The molecule has 1 fully saturated rings. The summed E-state index contributed by atoms with van der Waals surface area (Å²) in [6, 6.07) is 7.08. The molecule has 0 aliphatic heterocycles. The number of hydrogen-bond donors (Lipinski definition) is 2. The number of nitrogens with two attached hydrogens (primary N) is 1. The lowest BCUT2D eigenvalue weighted by Gasteiger charge is -2.36. The van der Waals surface area contributed by atoms with E-state index in [2.05, 4.69) is 19.3 Å². The monoisotopic (exact) mass is 296 g/mol. The summed E-state index contributed by atoms with van der Waals surface area (Å²) in [4.78, 5) is 0.974. The standard InChI is InChI=1S/C16H25FN2S/c1-11-6-12(2)8-13(7-11)16(19-18)10-20-15-5-3-4-14(17)9-15/h3-5,9,11-13,16,19H,6-8,10,18H2,1-2H3. The average Bonchev–Trinajstić information content (AvgIpc) is 2.38. The first-order valence-electron chi connectivity index (χ1n) is 7.43. The molecule has 3 N–H and O–H groups in total. The molecule has 0 saturated heterocycles. The van der Waals surface area contributed by atoms with Gasteiger partial charge in [-0.2, -0.15) is 0 Å². The van der Waals surface area contributed by atoms with Crippen molar-refractivity contribution in [2.24, 2.45) is 23.6 Å². The van der Waals surface area contributed by atoms with E-state index >= 15 is 0 Å². The van der Waals surface area contributed by atoms with Crippen LogP contribution in [0.5, 0.6) is 0 Å². The van der Waals surface area contributed by atoms with Crippen LogP contribution in [0.2, 0.25) is 0 Å². The third kappa shape index (κ3) is 4.47. The minimum Gasteiger partial charge on any atom is -0.271 e. The minimum atomic E-state index is -0.174. The second-order valence-electron chi connectivity index (χ2n) is 6.22. The predicted octanol–water partition coefficient (Wildman–Crippen LogP) is 3.82. The van der Waals surface area contributed by atoms with Gasteiger partial charge in [-0.3, -0.25) is 11.3 Å². The van der Waals surface area contributed by atoms with E-state index in [4.69, 9.17) is 5.84 Å². The van der Waals surface area contributed by atoms with Crippen molar-refractivity contribution in [1.82, 2.24) is 5.43 Å². The van der Waals surface area contributed by atoms with Gasteiger partial charge in [-0.05, 0) is 55.2 Å². The summed E-state index contributed by atoms with van der Waals surface area (Å²) in [6.07, 6.45) is 3.80. The maximum absolute atomic E-state index is 13.2. The molecule has 1 aliphatic rings. The van der Waals surface area contributed by atoms with E-state index in [0.29, 0.717) is 12.0 Å². The minimum absolute atomic E-state index is 0.174. The Bertz CT molecular complexity index is 417. The van der Waals surface area contributed by atoms with Crippen LogP contribution in [-0.2, 0) is 0 Å². The van der Waals surface area contributed by atoms with Crippen LogP contribution in [0.1, 0.15) is 33.1 Å². The van der Waals surface area contributed by atoms with E-state index in [-0.39, 0.29) is 5.82 Å². The van der Waals surface area contributed by atoms with Gasteiger partial charge in [-0.1, -0.05) is 19.9 Å². The first kappa shape index (κ1) is 15.8. The van der Waals surface area contributed by atoms with Crippen molar-refractivity contribution in [3.8, 4) is 0 Å². The largest absolute Gasteiger partial charge is 0.271 e. The molecule has 0 radical (unpaired) electrons. The SMILES string of the molecule is CC1CC(C)CC(C(CSc2cccc(F)c2)NN)C1. The van der Waals surface area contributed by atoms with Crippen LogP contribution in [0.3, 0.4) is 0 Å². The number of rotatable bonds is 5. The van der Waals surface area contributed by atoms with Crippen LogP contribution >= 0.6 is 11.8 Å². The Morgan fingerprint density at radius 1 is 1.30 bits per heavy atom. The Morgan fingerprint density at radius 3 is 2.60 bits per heavy atom. The third-order valence-electron chi connectivity index (χ3n) is 4.22. The molecule has 3 unspecified atom stereocenters. The molecule has 0 spiro atoms. The predicted molar refractivity (Wildman–Crippen MR) is 83.9 cm³/mol. The molecule has 4 heteroatoms. The summed E-state index contributed by atoms with van der Waals surface area (Å²) in [5.41, 5.74) is 2.98. The highest BCUT2D eigenvalue weighted by Crippen LogP contribution is 2.36. The molecule has 2 rings (SSSR count). The molecule has 0 amide bonds. The van der Waals surface area contributed by atoms with Gasteiger partial charge in [-0.25, -0.2) is 4.39 Å². The molecular weight excluding hydrogens is 271 g/mol. The normalized spacial score (nSPS) is 28.3. The van der Waals surface area contributed by atoms with Crippen molar-refractivity contribution in [1.29, 1.82) is 0 Å². The van der Waals surface area contributed by atoms with Gasteiger partial charge in [0.05, 0.1) is 0 Å². The van der Waals surface area contributed by atoms with Gasteiger partial charge in [0.25, 0.3) is 0 Å². The zero-order valence-corrected chi connectivity index (χ0v) is 13.1. The van der Waals surface area contributed by atoms with Crippen LogP contribution in [0.15, 0.2) is 29.2 Å². The summed E-state index contributed by atoms with van der Waals surface area (Å²) in [6.45, 7) is 4.66. The lowest BCUT2D eigenvalue weighted by molar-refractivity contribution is 0.185. The van der Waals surface area contributed by atoms with Crippen molar-refractivity contribution < 1.29 is 4.39 Å². The molecule has 1 saturated carbocycles. The summed E-state index contributed by atoms with van der Waals surface area (Å²) >= 11 is 1.68. The van der Waals surface area contributed by atoms with Crippen molar-refractivity contribution >= 4 is 11.8 Å². The van der Waals surface area contributed by atoms with Crippen LogP contribution in [0.4, 0.5) is 4.39 Å². The Balaban J connectivity index is 1.91. The second kappa shape index (κ2) is 7.43. The Labute approximate surface area is 125 Å². The highest BCUT2D eigenvalue weighted by molar-refractivity contribution is 7.99. The number of benzene rings is 1. The van der Waals surface area contributed by atoms with Crippen molar-refractivity contribution in [2.45, 2.75) is 44.0 Å². The zero-order valence-electron chi connectivity index (χ0n) is 12.3. The Morgan fingerprint density at radius 2 is 2.00 bits per heavy atom. The number of hydrogen-bond acceptors (Lipinski definition) is 3. The molecule has 20 heavy (non-hydrogen) atoms. The molecular formula is C16H25FN2S. The van der Waals surface area contributed by atoms with E-state index in [0.717, 1.165) is 22.5 Å². The van der Waals surface area contributed by atoms with Crippen LogP contribution in [0, 0.1) is 23.6 Å². The van der Waals surface area contributed by atoms with E-state index in [1.807, 2.05) is 6.07 Å². The Kier molecular flexibility index (Phi) is 5.87. The van der Waals surface area contributed by atoms with Gasteiger partial charge in [-0.15, -0.1) is 11.8 Å². The van der Waals surface area contributed by atoms with E-state index in [9.17, 15) is 4.39 Å². The smallest absolute Gasteiger partial charge is 0.124 e. The molecule has 0 bridgehead atoms. The molecule has 1 aromatic rings. The van der Waals surface area contributed by atoms with Crippen LogP contribution in [-0.4, -0.2) is 11.8 Å². The van der Waals surface area contributed by atoms with Gasteiger partial charge >= 0.3 is 0 Å². The number of nitrogens with one attached hydrogen (secondary N) is 1. The fourth-order valence-electron chi connectivity index (χ4n) is 3.40. The number of thioether (sulfide) groups is 1. The zero-order chi connectivity index (χ0) is 14.5. The quantitative estimate of drug-likeness (QED) is 0.493. The summed E-state index contributed by atoms with van der Waals surface area (Å²) < 4.78 is 13.2. The van der Waals surface area contributed by atoms with Crippen molar-refractivity contribution in [3.05, 3.63) is 30.1 Å². The lowest BCUT2D eigenvalue weighted by Crippen LogP contribution is -2.45. The van der Waals surface area contributed by atoms with Crippen LogP contribution in [0.25, 0.3) is 0 Å². The molecule has 0 heterocycles.